The van der Waals surface area contributed by atoms with Gasteiger partial charge in [0, 0.05) is 5.56 Å². The van der Waals surface area contributed by atoms with Gasteiger partial charge in [-0.3, -0.25) is 0 Å². The number of ether oxygens (including phenoxy) is 1. The lowest BCUT2D eigenvalue weighted by atomic mass is 9.89. The molecule has 2 aromatic carbocycles. The van der Waals surface area contributed by atoms with Crippen molar-refractivity contribution in [3.05, 3.63) is 72.0 Å². The summed E-state index contributed by atoms with van der Waals surface area (Å²) in [5.74, 6) is 2.94. The molecule has 0 aliphatic heterocycles. The van der Waals surface area contributed by atoms with Crippen molar-refractivity contribution < 1.29 is 38.0 Å². The zero-order valence-corrected chi connectivity index (χ0v) is 16.7. The first-order valence-corrected chi connectivity index (χ1v) is 10.4. The van der Waals surface area contributed by atoms with Crippen LogP contribution < -0.4 is 23.4 Å². The Balaban J connectivity index is 0.000000431. The Bertz CT molecular complexity index is 930. The van der Waals surface area contributed by atoms with Gasteiger partial charge in [-0.15, -0.1) is 10.2 Å². The molecule has 0 radical (unpaired) electrons. The molecular weight excluding hydrogens is 396 g/mol. The number of fused-ring (bicyclic) bond motifs is 1. The first-order valence-electron chi connectivity index (χ1n) is 9.15. The minimum atomic E-state index is -4.94. The molecule has 1 aliphatic carbocycles. The van der Waals surface area contributed by atoms with Gasteiger partial charge in [0.2, 0.25) is 0 Å². The molecule has 0 N–H and O–H groups in total. The topological polar surface area (TPSA) is 113 Å². The van der Waals surface area contributed by atoms with E-state index < -0.39 is 10.2 Å². The van der Waals surface area contributed by atoms with E-state index in [0.717, 1.165) is 35.7 Å². The van der Waals surface area contributed by atoms with Crippen LogP contribution in [0.15, 0.2) is 65.1 Å². The molecule has 0 unspecified atom stereocenters. The van der Waals surface area contributed by atoms with E-state index >= 15 is 0 Å². The summed E-state index contributed by atoms with van der Waals surface area (Å²) in [6.07, 6.45) is 4.58. The third-order valence-corrected chi connectivity index (χ3v) is 4.71. The Hall–Kier alpha value is -2.48. The van der Waals surface area contributed by atoms with Gasteiger partial charge in [0.25, 0.3) is 0 Å². The molecule has 1 aromatic heterocycles. The maximum Gasteiger partial charge on any atom is 0.360 e. The average Bonchev–Trinajstić information content (AvgIpc) is 2.72. The molecule has 152 valence electrons. The first-order chi connectivity index (χ1) is 13.8. The lowest BCUT2D eigenvalue weighted by Gasteiger charge is -2.17. The summed E-state index contributed by atoms with van der Waals surface area (Å²) in [6, 6.07) is 20.9. The van der Waals surface area contributed by atoms with Crippen molar-refractivity contribution >= 4 is 0 Å². The van der Waals surface area contributed by atoms with E-state index in [1.54, 1.807) is 7.11 Å². The van der Waals surface area contributed by atoms with E-state index in [2.05, 4.69) is 48.5 Å². The average molecular weight is 417 g/mol. The van der Waals surface area contributed by atoms with Crippen molar-refractivity contribution in [3.63, 3.8) is 0 Å². The summed E-state index contributed by atoms with van der Waals surface area (Å²) >= 11 is 0. The van der Waals surface area contributed by atoms with Crippen LogP contribution in [-0.4, -0.2) is 7.11 Å². The molecule has 0 saturated heterocycles. The summed E-state index contributed by atoms with van der Waals surface area (Å²) in [4.78, 5) is 0. The number of hydrogen-bond donors (Lipinski definition) is 0. The number of benzene rings is 2. The highest BCUT2D eigenvalue weighted by Gasteiger charge is 2.27. The monoisotopic (exact) mass is 416 g/mol. The number of halogens is 1. The van der Waals surface area contributed by atoms with Crippen LogP contribution in [0.3, 0.4) is 0 Å². The molecule has 1 heterocycles. The van der Waals surface area contributed by atoms with Crippen LogP contribution in [0.2, 0.25) is 0 Å². The quantitative estimate of drug-likeness (QED) is 0.589. The molecule has 0 fully saturated rings. The van der Waals surface area contributed by atoms with Crippen molar-refractivity contribution in [2.45, 2.75) is 25.7 Å². The highest BCUT2D eigenvalue weighted by molar-refractivity contribution is 5.73. The SMILES string of the molecule is COc1ccc(-c2cc(-c3ccccc3)c3c([o+]2)CCCC3)cc1.[O-][Cl+3]([O-])([O-])[O-]. The predicted molar refractivity (Wildman–Crippen MR) is 97.2 cm³/mol. The van der Waals surface area contributed by atoms with Crippen LogP contribution in [0.25, 0.3) is 22.5 Å². The smallest absolute Gasteiger partial charge is 0.360 e. The Morgan fingerprint density at radius 1 is 0.828 bits per heavy atom. The third kappa shape index (κ3) is 6.00. The van der Waals surface area contributed by atoms with E-state index in [-0.39, 0.29) is 0 Å². The maximum atomic E-state index is 8.49. The summed E-state index contributed by atoms with van der Waals surface area (Å²) < 4.78 is 45.5. The minimum Gasteiger partial charge on any atom is -0.497 e. The zero-order chi connectivity index (χ0) is 20.9. The number of aryl methyl sites for hydroxylation is 1. The van der Waals surface area contributed by atoms with Gasteiger partial charge in [-0.1, -0.05) is 30.3 Å². The summed E-state index contributed by atoms with van der Waals surface area (Å²) in [7, 11) is -3.26. The lowest BCUT2D eigenvalue weighted by Crippen LogP contribution is -2.68. The number of methoxy groups -OCH3 is 1. The van der Waals surface area contributed by atoms with E-state index in [4.69, 9.17) is 27.8 Å². The fourth-order valence-corrected chi connectivity index (χ4v) is 3.43. The maximum absolute atomic E-state index is 8.49. The normalized spacial score (nSPS) is 13.1. The second kappa shape index (κ2) is 9.35. The van der Waals surface area contributed by atoms with Gasteiger partial charge in [0.05, 0.1) is 30.7 Å². The Morgan fingerprint density at radius 3 is 2.07 bits per heavy atom. The van der Waals surface area contributed by atoms with Crippen molar-refractivity contribution in [3.8, 4) is 28.2 Å². The van der Waals surface area contributed by atoms with Crippen LogP contribution >= 0.6 is 0 Å². The molecule has 7 heteroatoms. The Kier molecular flexibility index (Phi) is 6.84. The van der Waals surface area contributed by atoms with E-state index in [1.807, 2.05) is 12.1 Å². The van der Waals surface area contributed by atoms with Crippen molar-refractivity contribution in [2.75, 3.05) is 7.11 Å². The second-order valence-electron chi connectivity index (χ2n) is 6.61. The molecule has 0 spiro atoms. The van der Waals surface area contributed by atoms with E-state index in [0.29, 0.717) is 0 Å². The van der Waals surface area contributed by atoms with E-state index in [1.165, 1.54) is 29.5 Å². The largest absolute Gasteiger partial charge is 0.497 e. The van der Waals surface area contributed by atoms with Crippen molar-refractivity contribution in [1.29, 1.82) is 0 Å². The summed E-state index contributed by atoms with van der Waals surface area (Å²) in [6.45, 7) is 0. The molecule has 6 nitrogen and oxygen atoms in total. The Labute approximate surface area is 171 Å². The summed E-state index contributed by atoms with van der Waals surface area (Å²) in [5.41, 5.74) is 5.04. The first kappa shape index (κ1) is 21.2. The number of rotatable bonds is 3. The van der Waals surface area contributed by atoms with Crippen LogP contribution in [0, 0.1) is 10.2 Å². The third-order valence-electron chi connectivity index (χ3n) is 4.71. The number of hydrogen-bond acceptors (Lipinski definition) is 5. The van der Waals surface area contributed by atoms with Crippen LogP contribution in [0.5, 0.6) is 5.75 Å². The van der Waals surface area contributed by atoms with E-state index in [9.17, 15) is 0 Å². The fraction of sp³-hybridized carbons (Fsp3) is 0.227. The highest BCUT2D eigenvalue weighted by atomic mass is 35.7. The van der Waals surface area contributed by atoms with Gasteiger partial charge in [0.15, 0.2) is 0 Å². The highest BCUT2D eigenvalue weighted by Crippen LogP contribution is 2.36. The van der Waals surface area contributed by atoms with Crippen molar-refractivity contribution in [1.82, 2.24) is 0 Å². The van der Waals surface area contributed by atoms with Gasteiger partial charge in [0.1, 0.15) is 5.75 Å². The van der Waals surface area contributed by atoms with Crippen LogP contribution in [-0.2, 0) is 12.8 Å². The summed E-state index contributed by atoms with van der Waals surface area (Å²) in [5, 5.41) is 0. The van der Waals surface area contributed by atoms with Gasteiger partial charge in [-0.2, -0.15) is 0 Å². The molecule has 0 saturated carbocycles. The van der Waals surface area contributed by atoms with Crippen LogP contribution in [0.4, 0.5) is 0 Å². The van der Waals surface area contributed by atoms with Gasteiger partial charge >= 0.3 is 11.5 Å². The van der Waals surface area contributed by atoms with Crippen LogP contribution in [0.1, 0.15) is 24.2 Å². The zero-order valence-electron chi connectivity index (χ0n) is 15.9. The molecular formula is C22H21ClO6. The predicted octanol–water partition coefficient (Wildman–Crippen LogP) is 1.03. The standard InChI is InChI=1S/C22H21O2.ClHO4/c1-23-18-13-11-17(12-14-18)22-15-20(16-7-3-2-4-8-16)19-9-5-6-10-21(19)24-22;2-1(3,4)5/h2-4,7-8,11-15H,5-6,9-10H2,1H3;(H,2,3,4,5)/q+1;/p-1. The van der Waals surface area contributed by atoms with Crippen molar-refractivity contribution in [2.24, 2.45) is 0 Å². The molecule has 29 heavy (non-hydrogen) atoms. The molecule has 3 aromatic rings. The Morgan fingerprint density at radius 2 is 1.45 bits per heavy atom. The molecule has 0 amide bonds. The molecule has 1 aliphatic rings. The van der Waals surface area contributed by atoms with Gasteiger partial charge in [-0.25, -0.2) is 23.1 Å². The lowest BCUT2D eigenvalue weighted by molar-refractivity contribution is -2.00. The minimum absolute atomic E-state index is 0.861. The van der Waals surface area contributed by atoms with Gasteiger partial charge < -0.3 is 4.74 Å². The van der Waals surface area contributed by atoms with Gasteiger partial charge in [-0.05, 0) is 49.1 Å². The molecule has 0 bridgehead atoms. The molecule has 4 rings (SSSR count). The molecule has 0 atom stereocenters. The fourth-order valence-electron chi connectivity index (χ4n) is 3.43. The second-order valence-corrected chi connectivity index (χ2v) is 7.36.